The Labute approximate surface area is 391 Å². The van der Waals surface area contributed by atoms with Crippen LogP contribution in [0.15, 0.2) is 97.2 Å². The molecular weight excluding hydrogens is 822 g/mol. The molecule has 0 aromatic carbocycles. The predicted octanol–water partition coefficient (Wildman–Crippen LogP) is 15.3. The van der Waals surface area contributed by atoms with Crippen LogP contribution in [-0.4, -0.2) is 49.3 Å². The lowest BCUT2D eigenvalue weighted by Crippen LogP contribution is -2.29. The van der Waals surface area contributed by atoms with Crippen molar-refractivity contribution in [3.63, 3.8) is 0 Å². The molecule has 0 amide bonds. The highest BCUT2D eigenvalue weighted by Crippen LogP contribution is 2.43. The summed E-state index contributed by atoms with van der Waals surface area (Å²) in [6.07, 6.45) is 64.8. The Morgan fingerprint density at radius 1 is 0.484 bits per heavy atom. The van der Waals surface area contributed by atoms with Gasteiger partial charge in [0.2, 0.25) is 0 Å². The first-order chi connectivity index (χ1) is 31.3. The van der Waals surface area contributed by atoms with Gasteiger partial charge in [0.05, 0.1) is 13.2 Å². The van der Waals surface area contributed by atoms with Gasteiger partial charge >= 0.3 is 19.8 Å². The fourth-order valence-corrected chi connectivity index (χ4v) is 7.30. The van der Waals surface area contributed by atoms with Crippen molar-refractivity contribution in [1.29, 1.82) is 0 Å². The van der Waals surface area contributed by atoms with E-state index in [0.717, 1.165) is 96.3 Å². The summed E-state index contributed by atoms with van der Waals surface area (Å²) < 4.78 is 32.7. The number of phosphoric acid groups is 1. The molecule has 0 radical (unpaired) electrons. The molecule has 0 spiro atoms. The zero-order valence-electron chi connectivity index (χ0n) is 40.5. The molecule has 0 aliphatic carbocycles. The number of carbonyl (C=O) groups is 2. The van der Waals surface area contributed by atoms with Crippen LogP contribution in [0.4, 0.5) is 0 Å². The van der Waals surface area contributed by atoms with Crippen LogP contribution in [-0.2, 0) is 32.7 Å². The molecule has 2 unspecified atom stereocenters. The molecule has 0 fully saturated rings. The van der Waals surface area contributed by atoms with E-state index >= 15 is 0 Å². The SMILES string of the molecule is CC/C=C\C/C=C\C/C=C\C/C=C\C/C=C\C/C=C\C/C=C\C/C=C\CCCCCCCCCCCCC(=O)OC(COC(=O)CCCCCCCCCC)COP(=O)(O)OCCN. The molecule has 0 saturated carbocycles. The van der Waals surface area contributed by atoms with Crippen molar-refractivity contribution >= 4 is 19.8 Å². The molecule has 366 valence electrons. The molecule has 0 saturated heterocycles. The van der Waals surface area contributed by atoms with Crippen molar-refractivity contribution in [1.82, 2.24) is 0 Å². The minimum absolute atomic E-state index is 0.0495. The molecule has 0 rings (SSSR count). The summed E-state index contributed by atoms with van der Waals surface area (Å²) in [6.45, 7) is 3.57. The van der Waals surface area contributed by atoms with Crippen LogP contribution in [0.2, 0.25) is 0 Å². The topological polar surface area (TPSA) is 134 Å². The second-order valence-corrected chi connectivity index (χ2v) is 17.8. The highest BCUT2D eigenvalue weighted by molar-refractivity contribution is 7.47. The molecule has 0 aromatic heterocycles. The maximum atomic E-state index is 12.6. The molecule has 0 aliphatic rings. The summed E-state index contributed by atoms with van der Waals surface area (Å²) in [7, 11) is -4.38. The number of rotatable bonds is 46. The molecule has 0 bridgehead atoms. The van der Waals surface area contributed by atoms with Crippen LogP contribution in [0.25, 0.3) is 0 Å². The summed E-state index contributed by atoms with van der Waals surface area (Å²) >= 11 is 0. The van der Waals surface area contributed by atoms with Crippen LogP contribution in [0.5, 0.6) is 0 Å². The zero-order valence-corrected chi connectivity index (χ0v) is 41.4. The monoisotopic (exact) mass is 914 g/mol. The predicted molar refractivity (Wildman–Crippen MR) is 270 cm³/mol. The van der Waals surface area contributed by atoms with Gasteiger partial charge in [0, 0.05) is 19.4 Å². The van der Waals surface area contributed by atoms with Crippen LogP contribution in [0, 0.1) is 0 Å². The normalized spacial score (nSPS) is 14.0. The van der Waals surface area contributed by atoms with Crippen molar-refractivity contribution < 1.29 is 37.6 Å². The van der Waals surface area contributed by atoms with Gasteiger partial charge in [-0.05, 0) is 77.0 Å². The lowest BCUT2D eigenvalue weighted by Gasteiger charge is -2.19. The van der Waals surface area contributed by atoms with E-state index in [2.05, 4.69) is 111 Å². The largest absolute Gasteiger partial charge is 0.472 e. The Bertz CT molecular complexity index is 1360. The van der Waals surface area contributed by atoms with Gasteiger partial charge < -0.3 is 20.1 Å². The van der Waals surface area contributed by atoms with E-state index in [-0.39, 0.29) is 38.6 Å². The van der Waals surface area contributed by atoms with Crippen molar-refractivity contribution in [2.75, 3.05) is 26.4 Å². The van der Waals surface area contributed by atoms with E-state index in [4.69, 9.17) is 24.3 Å². The van der Waals surface area contributed by atoms with Gasteiger partial charge in [-0.15, -0.1) is 0 Å². The van der Waals surface area contributed by atoms with E-state index in [1.165, 1.54) is 70.6 Å². The third-order valence-electron chi connectivity index (χ3n) is 10.2. The summed E-state index contributed by atoms with van der Waals surface area (Å²) in [5, 5.41) is 0. The lowest BCUT2D eigenvalue weighted by atomic mass is 10.0. The van der Waals surface area contributed by atoms with Gasteiger partial charge in [-0.3, -0.25) is 18.6 Å². The quantitative estimate of drug-likeness (QED) is 0.0265. The van der Waals surface area contributed by atoms with E-state index in [9.17, 15) is 19.0 Å². The molecule has 10 heteroatoms. The smallest absolute Gasteiger partial charge is 0.462 e. The number of unbranched alkanes of at least 4 members (excludes halogenated alkanes) is 17. The third kappa shape index (κ3) is 48.4. The van der Waals surface area contributed by atoms with Crippen molar-refractivity contribution in [3.05, 3.63) is 97.2 Å². The van der Waals surface area contributed by atoms with Crippen LogP contribution >= 0.6 is 7.82 Å². The van der Waals surface area contributed by atoms with Gasteiger partial charge in [0.25, 0.3) is 0 Å². The number of allylic oxidation sites excluding steroid dienone is 16. The third-order valence-corrected chi connectivity index (χ3v) is 11.2. The highest BCUT2D eigenvalue weighted by Gasteiger charge is 2.26. The minimum atomic E-state index is -4.38. The van der Waals surface area contributed by atoms with Gasteiger partial charge in [-0.25, -0.2) is 4.57 Å². The molecule has 0 aliphatic heterocycles. The first-order valence-corrected chi connectivity index (χ1v) is 26.7. The Morgan fingerprint density at radius 2 is 0.859 bits per heavy atom. The Balaban J connectivity index is 3.93. The number of ether oxygens (including phenoxy) is 2. The van der Waals surface area contributed by atoms with E-state index in [0.29, 0.717) is 6.42 Å². The number of hydrogen-bond acceptors (Lipinski definition) is 8. The summed E-state index contributed by atoms with van der Waals surface area (Å²) in [5.41, 5.74) is 5.35. The fourth-order valence-electron chi connectivity index (χ4n) is 6.53. The van der Waals surface area contributed by atoms with Gasteiger partial charge in [-0.2, -0.15) is 0 Å². The second-order valence-electron chi connectivity index (χ2n) is 16.3. The van der Waals surface area contributed by atoms with E-state index in [1.54, 1.807) is 0 Å². The highest BCUT2D eigenvalue weighted by atomic mass is 31.2. The van der Waals surface area contributed by atoms with Crippen molar-refractivity contribution in [3.8, 4) is 0 Å². The van der Waals surface area contributed by atoms with E-state index in [1.807, 2.05) is 0 Å². The molecule has 9 nitrogen and oxygen atoms in total. The summed E-state index contributed by atoms with van der Waals surface area (Å²) in [4.78, 5) is 34.8. The van der Waals surface area contributed by atoms with Crippen LogP contribution < -0.4 is 5.73 Å². The molecule has 2 atom stereocenters. The number of phosphoric ester groups is 1. The molecule has 64 heavy (non-hydrogen) atoms. The van der Waals surface area contributed by atoms with Gasteiger partial charge in [0.1, 0.15) is 6.61 Å². The molecule has 0 aromatic rings. The summed E-state index contributed by atoms with van der Waals surface area (Å²) in [6, 6.07) is 0. The van der Waals surface area contributed by atoms with Gasteiger partial charge in [-0.1, -0.05) is 207 Å². The number of esters is 2. The second kappa shape index (κ2) is 49.4. The zero-order chi connectivity index (χ0) is 46.7. The van der Waals surface area contributed by atoms with E-state index < -0.39 is 26.5 Å². The lowest BCUT2D eigenvalue weighted by molar-refractivity contribution is -0.161. The first-order valence-electron chi connectivity index (χ1n) is 25.2. The van der Waals surface area contributed by atoms with Gasteiger partial charge in [0.15, 0.2) is 6.10 Å². The number of hydrogen-bond donors (Lipinski definition) is 2. The molecular formula is C54H92NO8P. The number of carbonyl (C=O) groups excluding carboxylic acids is 2. The molecule has 0 heterocycles. The molecule has 3 N–H and O–H groups in total. The van der Waals surface area contributed by atoms with Crippen LogP contribution in [0.1, 0.15) is 200 Å². The van der Waals surface area contributed by atoms with Crippen molar-refractivity contribution in [2.24, 2.45) is 5.73 Å². The Kier molecular flexibility index (Phi) is 47.0. The average molecular weight is 914 g/mol. The number of nitrogens with two attached hydrogens (primary N) is 1. The summed E-state index contributed by atoms with van der Waals surface area (Å²) in [5.74, 6) is -0.842. The average Bonchev–Trinajstić information content (AvgIpc) is 3.28. The van der Waals surface area contributed by atoms with Crippen molar-refractivity contribution in [2.45, 2.75) is 206 Å². The standard InChI is InChI=1S/C54H92NO8P/c1-3-5-7-9-11-13-14-15-16-17-18-19-20-21-22-23-24-25-26-27-28-29-30-31-32-33-34-35-36-37-38-39-41-43-45-47-54(57)63-52(51-62-64(58,59)61-49-48-55)50-60-53(56)46-44-42-40-12-10-8-6-4-2/h5,7,11,13,15-16,18-19,21-22,24-25,27-28,30-31,52H,3-4,6,8-10,12,14,17,20,23,26,29,32-51,55H2,1-2H3,(H,58,59)/b7-5-,13-11-,16-15-,19-18-,22-21-,25-24-,28-27-,31-30-. The Morgan fingerprint density at radius 3 is 1.28 bits per heavy atom. The van der Waals surface area contributed by atoms with Crippen LogP contribution in [0.3, 0.4) is 0 Å². The first kappa shape index (κ1) is 60.9. The maximum absolute atomic E-state index is 12.6. The Hall–Kier alpha value is -3.07. The minimum Gasteiger partial charge on any atom is -0.462 e. The fraction of sp³-hybridized carbons (Fsp3) is 0.667. The maximum Gasteiger partial charge on any atom is 0.472 e.